The van der Waals surface area contributed by atoms with Crippen LogP contribution in [0.3, 0.4) is 0 Å². The molecule has 3 aliphatic rings. The molecule has 5 nitrogen and oxygen atoms in total. The van der Waals surface area contributed by atoms with Gasteiger partial charge in [-0.3, -0.25) is 9.59 Å². The van der Waals surface area contributed by atoms with Crippen LogP contribution in [-0.2, 0) is 14.3 Å². The third-order valence-corrected chi connectivity index (χ3v) is 4.49. The van der Waals surface area contributed by atoms with Gasteiger partial charge in [0, 0.05) is 0 Å². The summed E-state index contributed by atoms with van der Waals surface area (Å²) in [6.07, 6.45) is 2.90. The van der Waals surface area contributed by atoms with Crippen molar-refractivity contribution in [3.05, 3.63) is 42.2 Å². The minimum atomic E-state index is -1.10. The van der Waals surface area contributed by atoms with Gasteiger partial charge in [-0.05, 0) is 24.3 Å². The van der Waals surface area contributed by atoms with Crippen LogP contribution in [0.2, 0.25) is 0 Å². The topological polar surface area (TPSA) is 66.8 Å². The van der Waals surface area contributed by atoms with E-state index >= 15 is 0 Å². The minimum absolute atomic E-state index is 0.341. The molecule has 0 aliphatic carbocycles. The number of halogens is 1. The number of nitrogens with zero attached hydrogens (tertiary/aromatic N) is 1. The van der Waals surface area contributed by atoms with Crippen molar-refractivity contribution >= 4 is 17.5 Å². The lowest BCUT2D eigenvalue weighted by atomic mass is 9.77. The van der Waals surface area contributed by atoms with Gasteiger partial charge < -0.3 is 9.84 Å². The third-order valence-electron chi connectivity index (χ3n) is 4.49. The molecule has 1 aromatic carbocycles. The maximum atomic E-state index is 13.0. The monoisotopic (exact) mass is 289 g/mol. The van der Waals surface area contributed by atoms with Crippen LogP contribution in [0, 0.1) is 17.7 Å². The quantitative estimate of drug-likeness (QED) is 0.640. The fourth-order valence-corrected chi connectivity index (χ4v) is 3.53. The molecule has 4 atom stereocenters. The number of fused-ring (bicyclic) bond motifs is 5. The minimum Gasteiger partial charge on any atom is -0.393 e. The van der Waals surface area contributed by atoms with Crippen LogP contribution in [0.15, 0.2) is 36.4 Å². The van der Waals surface area contributed by atoms with E-state index in [-0.39, 0.29) is 12.5 Å². The molecule has 2 amide bonds. The molecule has 0 aromatic heterocycles. The Balaban J connectivity index is 1.77. The predicted octanol–water partition coefficient (Wildman–Crippen LogP) is 0.631. The average Bonchev–Trinajstić information content (AvgIpc) is 3.12. The summed E-state index contributed by atoms with van der Waals surface area (Å²) in [5, 5.41) is 9.58. The summed E-state index contributed by atoms with van der Waals surface area (Å²) in [6, 6.07) is 5.20. The van der Waals surface area contributed by atoms with Crippen molar-refractivity contribution in [2.45, 2.75) is 11.7 Å². The van der Waals surface area contributed by atoms with Crippen molar-refractivity contribution in [1.29, 1.82) is 0 Å². The number of carbonyl (C=O) groups excluding carboxylic acids is 2. The number of hydrogen-bond donors (Lipinski definition) is 1. The number of rotatable bonds is 2. The highest BCUT2D eigenvalue weighted by Crippen LogP contribution is 2.52. The first-order valence-corrected chi connectivity index (χ1v) is 6.69. The van der Waals surface area contributed by atoms with Crippen molar-refractivity contribution in [3.63, 3.8) is 0 Å². The third kappa shape index (κ3) is 1.46. The van der Waals surface area contributed by atoms with Crippen LogP contribution in [0.4, 0.5) is 10.1 Å². The number of imide groups is 1. The molecule has 3 aliphatic heterocycles. The van der Waals surface area contributed by atoms with E-state index in [1.807, 2.05) is 0 Å². The molecular weight excluding hydrogens is 277 g/mol. The number of hydrogen-bond acceptors (Lipinski definition) is 4. The fraction of sp³-hybridized carbons (Fsp3) is 0.333. The predicted molar refractivity (Wildman–Crippen MR) is 69.7 cm³/mol. The molecular formula is C15H12FNO4. The van der Waals surface area contributed by atoms with Gasteiger partial charge in [0.25, 0.3) is 0 Å². The van der Waals surface area contributed by atoms with Gasteiger partial charge in [0.15, 0.2) is 0 Å². The highest BCUT2D eigenvalue weighted by atomic mass is 19.1. The first-order valence-electron chi connectivity index (χ1n) is 6.69. The molecule has 21 heavy (non-hydrogen) atoms. The molecule has 4 rings (SSSR count). The summed E-state index contributed by atoms with van der Waals surface area (Å²) in [5.74, 6) is -2.52. The van der Waals surface area contributed by atoms with Gasteiger partial charge >= 0.3 is 0 Å². The van der Waals surface area contributed by atoms with E-state index < -0.39 is 35.3 Å². The first kappa shape index (κ1) is 12.7. The van der Waals surface area contributed by atoms with E-state index in [1.54, 1.807) is 12.2 Å². The van der Waals surface area contributed by atoms with Gasteiger partial charge in [0.05, 0.1) is 30.2 Å². The Morgan fingerprint density at radius 3 is 2.62 bits per heavy atom. The second-order valence-electron chi connectivity index (χ2n) is 5.55. The molecule has 1 N–H and O–H groups in total. The van der Waals surface area contributed by atoms with Gasteiger partial charge in [-0.2, -0.15) is 0 Å². The SMILES string of the molecule is O=C1[C@H]2[C@@H](C(=O)N1c1ccc(F)cc1)[C@]1(CO)C=C[C@H]2O1. The average molecular weight is 289 g/mol. The Bertz CT molecular complexity index is 671. The molecule has 2 fully saturated rings. The van der Waals surface area contributed by atoms with Crippen LogP contribution in [0.25, 0.3) is 0 Å². The number of benzene rings is 1. The zero-order valence-electron chi connectivity index (χ0n) is 10.9. The molecule has 2 saturated heterocycles. The van der Waals surface area contributed by atoms with Crippen LogP contribution in [-0.4, -0.2) is 35.2 Å². The van der Waals surface area contributed by atoms with Gasteiger partial charge in [-0.1, -0.05) is 12.2 Å². The molecule has 0 saturated carbocycles. The largest absolute Gasteiger partial charge is 0.393 e. The van der Waals surface area contributed by atoms with Gasteiger partial charge in [-0.25, -0.2) is 9.29 Å². The summed E-state index contributed by atoms with van der Waals surface area (Å²) in [7, 11) is 0. The Morgan fingerprint density at radius 1 is 1.24 bits per heavy atom. The Morgan fingerprint density at radius 2 is 1.95 bits per heavy atom. The standard InChI is InChI=1S/C15H12FNO4/c16-8-1-3-9(4-2-8)17-13(19)11-10-5-6-15(7-18,21-10)12(11)14(17)20/h1-6,10-12,18H,7H2/t10-,11-,12+,15-/m1/s1. The first-order chi connectivity index (χ1) is 10.1. The number of amides is 2. The number of aliphatic hydroxyl groups is 1. The molecule has 3 heterocycles. The van der Waals surface area contributed by atoms with Crippen LogP contribution < -0.4 is 4.90 Å². The van der Waals surface area contributed by atoms with Crippen molar-refractivity contribution < 1.29 is 23.8 Å². The molecule has 0 radical (unpaired) electrons. The lowest BCUT2D eigenvalue weighted by Gasteiger charge is -2.26. The van der Waals surface area contributed by atoms with Gasteiger partial charge in [0.1, 0.15) is 11.4 Å². The summed E-state index contributed by atoms with van der Waals surface area (Å²) in [6.45, 7) is -0.350. The van der Waals surface area contributed by atoms with E-state index in [1.165, 1.54) is 24.3 Å². The lowest BCUT2D eigenvalue weighted by molar-refractivity contribution is -0.128. The molecule has 108 valence electrons. The fourth-order valence-electron chi connectivity index (χ4n) is 3.53. The van der Waals surface area contributed by atoms with Crippen molar-refractivity contribution in [3.8, 4) is 0 Å². The highest BCUT2D eigenvalue weighted by Gasteiger charge is 2.67. The van der Waals surface area contributed by atoms with Gasteiger partial charge in [0.2, 0.25) is 11.8 Å². The van der Waals surface area contributed by atoms with E-state index in [0.29, 0.717) is 5.69 Å². The zero-order chi connectivity index (χ0) is 14.8. The van der Waals surface area contributed by atoms with E-state index in [0.717, 1.165) is 4.90 Å². The van der Waals surface area contributed by atoms with Crippen LogP contribution >= 0.6 is 0 Å². The Hall–Kier alpha value is -2.05. The second-order valence-corrected chi connectivity index (χ2v) is 5.55. The van der Waals surface area contributed by atoms with Gasteiger partial charge in [-0.15, -0.1) is 0 Å². The smallest absolute Gasteiger partial charge is 0.241 e. The van der Waals surface area contributed by atoms with E-state index in [4.69, 9.17) is 4.74 Å². The Kier molecular flexibility index (Phi) is 2.41. The van der Waals surface area contributed by atoms with Crippen molar-refractivity contribution in [2.24, 2.45) is 11.8 Å². The summed E-state index contributed by atoms with van der Waals surface area (Å²) >= 11 is 0. The molecule has 1 aromatic rings. The van der Waals surface area contributed by atoms with E-state index in [9.17, 15) is 19.1 Å². The normalized spacial score (nSPS) is 36.7. The number of carbonyl (C=O) groups is 2. The maximum Gasteiger partial charge on any atom is 0.241 e. The molecule has 0 unspecified atom stereocenters. The number of anilines is 1. The maximum absolute atomic E-state index is 13.0. The van der Waals surface area contributed by atoms with E-state index in [2.05, 4.69) is 0 Å². The summed E-state index contributed by atoms with van der Waals surface area (Å²) in [4.78, 5) is 26.2. The molecule has 6 heteroatoms. The Labute approximate surface area is 119 Å². The van der Waals surface area contributed by atoms with Crippen molar-refractivity contribution in [2.75, 3.05) is 11.5 Å². The molecule has 2 bridgehead atoms. The summed E-state index contributed by atoms with van der Waals surface area (Å²) < 4.78 is 18.6. The number of ether oxygens (including phenoxy) is 1. The molecule has 0 spiro atoms. The van der Waals surface area contributed by atoms with Crippen LogP contribution in [0.5, 0.6) is 0 Å². The second kappa shape index (κ2) is 3.99. The lowest BCUT2D eigenvalue weighted by Crippen LogP contribution is -2.43. The highest BCUT2D eigenvalue weighted by molar-refractivity contribution is 6.23. The zero-order valence-corrected chi connectivity index (χ0v) is 10.9. The summed E-state index contributed by atoms with van der Waals surface area (Å²) in [5.41, 5.74) is -0.759. The number of aliphatic hydroxyl groups excluding tert-OH is 1. The van der Waals surface area contributed by atoms with Crippen LogP contribution in [0.1, 0.15) is 0 Å². The van der Waals surface area contributed by atoms with Crippen molar-refractivity contribution in [1.82, 2.24) is 0 Å².